The first-order valence-corrected chi connectivity index (χ1v) is 10.9. The summed E-state index contributed by atoms with van der Waals surface area (Å²) in [7, 11) is 1.79. The van der Waals surface area contributed by atoms with Crippen molar-refractivity contribution in [3.8, 4) is 5.95 Å². The summed E-state index contributed by atoms with van der Waals surface area (Å²) in [5, 5.41) is 0. The Labute approximate surface area is 187 Å². The molecule has 1 saturated heterocycles. The molecule has 0 radical (unpaired) electrons. The van der Waals surface area contributed by atoms with Crippen LogP contribution in [0.3, 0.4) is 0 Å². The quantitative estimate of drug-likeness (QED) is 0.695. The fourth-order valence-electron chi connectivity index (χ4n) is 4.38. The van der Waals surface area contributed by atoms with E-state index in [0.29, 0.717) is 37.1 Å². The molecule has 0 saturated carbocycles. The number of carbonyl (C=O) groups is 1. The van der Waals surface area contributed by atoms with Crippen LogP contribution in [0.25, 0.3) is 11.5 Å². The molecule has 2 aromatic rings. The molecule has 0 spiro atoms. The van der Waals surface area contributed by atoms with Crippen LogP contribution in [0.5, 0.6) is 0 Å². The highest BCUT2D eigenvalue weighted by Crippen LogP contribution is 2.38. The van der Waals surface area contributed by atoms with Crippen molar-refractivity contribution in [2.75, 3.05) is 30.1 Å². The van der Waals surface area contributed by atoms with Crippen LogP contribution < -0.4 is 15.5 Å². The molecule has 1 amide bonds. The molecule has 2 N–H and O–H groups in total. The lowest BCUT2D eigenvalue weighted by Gasteiger charge is -2.45. The average Bonchev–Trinajstić information content (AvgIpc) is 3.31. The Morgan fingerprint density at radius 3 is 2.81 bits per heavy atom. The maximum Gasteiger partial charge on any atom is 0.249 e. The SMILES string of the molecule is C=C/C=C(\C=C/N)c1nccn1-c1ncc2c(n1)N(C1CCOCC1)[C@H](CC)C(=O)N2C. The summed E-state index contributed by atoms with van der Waals surface area (Å²) < 4.78 is 7.38. The number of anilines is 2. The first-order valence-electron chi connectivity index (χ1n) is 10.9. The largest absolute Gasteiger partial charge is 0.405 e. The maximum absolute atomic E-state index is 13.1. The van der Waals surface area contributed by atoms with E-state index in [0.717, 1.165) is 24.2 Å². The van der Waals surface area contributed by atoms with E-state index in [1.807, 2.05) is 23.8 Å². The summed E-state index contributed by atoms with van der Waals surface area (Å²) in [4.78, 5) is 31.0. The normalized spacial score (nSPS) is 20.1. The smallest absolute Gasteiger partial charge is 0.249 e. The van der Waals surface area contributed by atoms with Gasteiger partial charge in [-0.05, 0) is 31.5 Å². The Bertz CT molecular complexity index is 1050. The van der Waals surface area contributed by atoms with Gasteiger partial charge in [0.25, 0.3) is 0 Å². The maximum atomic E-state index is 13.1. The van der Waals surface area contributed by atoms with Gasteiger partial charge >= 0.3 is 0 Å². The van der Waals surface area contributed by atoms with Crippen LogP contribution in [-0.2, 0) is 9.53 Å². The van der Waals surface area contributed by atoms with Crippen LogP contribution >= 0.6 is 0 Å². The van der Waals surface area contributed by atoms with Crippen molar-refractivity contribution in [2.24, 2.45) is 5.73 Å². The predicted octanol–water partition coefficient (Wildman–Crippen LogP) is 2.44. The highest BCUT2D eigenvalue weighted by Gasteiger charge is 2.41. The van der Waals surface area contributed by atoms with Gasteiger partial charge in [-0.15, -0.1) is 0 Å². The number of nitrogens with two attached hydrogens (primary N) is 1. The lowest BCUT2D eigenvalue weighted by atomic mass is 9.99. The van der Waals surface area contributed by atoms with Crippen LogP contribution in [0.15, 0.2) is 49.6 Å². The fourth-order valence-corrected chi connectivity index (χ4v) is 4.38. The molecule has 0 bridgehead atoms. The lowest BCUT2D eigenvalue weighted by Crippen LogP contribution is -2.57. The van der Waals surface area contributed by atoms with E-state index in [1.165, 1.54) is 6.20 Å². The second kappa shape index (κ2) is 9.35. The summed E-state index contributed by atoms with van der Waals surface area (Å²) in [5.41, 5.74) is 7.12. The molecule has 0 unspecified atom stereocenters. The van der Waals surface area contributed by atoms with Crippen LogP contribution in [0.4, 0.5) is 11.5 Å². The van der Waals surface area contributed by atoms with Gasteiger partial charge in [-0.2, -0.15) is 4.98 Å². The van der Waals surface area contributed by atoms with Crippen molar-refractivity contribution in [3.05, 3.63) is 55.4 Å². The van der Waals surface area contributed by atoms with Crippen molar-refractivity contribution in [1.29, 1.82) is 0 Å². The summed E-state index contributed by atoms with van der Waals surface area (Å²) in [5.74, 6) is 1.96. The summed E-state index contributed by atoms with van der Waals surface area (Å²) >= 11 is 0. The van der Waals surface area contributed by atoms with Gasteiger partial charge in [0, 0.05) is 44.3 Å². The minimum absolute atomic E-state index is 0.0652. The number of ether oxygens (including phenoxy) is 1. The standard InChI is InChI=1S/C23H29N7O2/c1-4-6-16(7-10-24)20-25-11-12-29(20)23-26-15-19-21(27-23)30(17-8-13-32-14-9-17)18(5-2)22(31)28(19)3/h4,6-7,10-12,15,17-18H,1,5,8-9,13-14,24H2,2-3H3/b10-7-,16-6+/t18-/m1/s1. The molecule has 2 aromatic heterocycles. The molecule has 4 rings (SSSR count). The molecule has 1 fully saturated rings. The monoisotopic (exact) mass is 435 g/mol. The Kier molecular flexibility index (Phi) is 6.36. The van der Waals surface area contributed by atoms with Gasteiger partial charge in [0.05, 0.1) is 6.20 Å². The number of fused-ring (bicyclic) bond motifs is 1. The fraction of sp³-hybridized carbons (Fsp3) is 0.391. The molecule has 9 heteroatoms. The zero-order valence-electron chi connectivity index (χ0n) is 18.5. The first kappa shape index (κ1) is 21.8. The van der Waals surface area contributed by atoms with E-state index < -0.39 is 0 Å². The van der Waals surface area contributed by atoms with Gasteiger partial charge in [0.15, 0.2) is 5.82 Å². The van der Waals surface area contributed by atoms with Crippen molar-refractivity contribution in [3.63, 3.8) is 0 Å². The molecular formula is C23H29N7O2. The first-order chi connectivity index (χ1) is 15.6. The number of likely N-dealkylation sites (N-methyl/N-ethyl adjacent to an activating group) is 1. The molecular weight excluding hydrogens is 406 g/mol. The lowest BCUT2D eigenvalue weighted by molar-refractivity contribution is -0.120. The Morgan fingerprint density at radius 1 is 1.34 bits per heavy atom. The van der Waals surface area contributed by atoms with Gasteiger partial charge < -0.3 is 20.3 Å². The molecule has 168 valence electrons. The number of imidazole rings is 1. The second-order valence-corrected chi connectivity index (χ2v) is 7.79. The zero-order valence-corrected chi connectivity index (χ0v) is 18.5. The van der Waals surface area contributed by atoms with Gasteiger partial charge in [-0.25, -0.2) is 9.97 Å². The summed E-state index contributed by atoms with van der Waals surface area (Å²) in [6.45, 7) is 7.18. The van der Waals surface area contributed by atoms with Crippen LogP contribution in [0.1, 0.15) is 32.0 Å². The number of allylic oxidation sites excluding steroid dienone is 4. The molecule has 0 aliphatic carbocycles. The van der Waals surface area contributed by atoms with E-state index in [1.54, 1.807) is 36.5 Å². The molecule has 4 heterocycles. The van der Waals surface area contributed by atoms with Crippen molar-refractivity contribution in [2.45, 2.75) is 38.3 Å². The number of amides is 1. The molecule has 2 aliphatic rings. The van der Waals surface area contributed by atoms with Crippen LogP contribution in [-0.4, -0.2) is 57.8 Å². The van der Waals surface area contributed by atoms with Gasteiger partial charge in [0.2, 0.25) is 11.9 Å². The number of aromatic nitrogens is 4. The van der Waals surface area contributed by atoms with Crippen LogP contribution in [0, 0.1) is 0 Å². The summed E-state index contributed by atoms with van der Waals surface area (Å²) in [6, 6.07) is -0.0801. The van der Waals surface area contributed by atoms with Crippen molar-refractivity contribution < 1.29 is 9.53 Å². The Morgan fingerprint density at radius 2 is 2.12 bits per heavy atom. The van der Waals surface area contributed by atoms with Crippen molar-refractivity contribution >= 4 is 23.0 Å². The van der Waals surface area contributed by atoms with Gasteiger partial charge in [0.1, 0.15) is 17.6 Å². The van der Waals surface area contributed by atoms with E-state index in [2.05, 4.69) is 21.4 Å². The highest BCUT2D eigenvalue weighted by molar-refractivity contribution is 6.04. The van der Waals surface area contributed by atoms with E-state index in [9.17, 15) is 4.79 Å². The number of carbonyl (C=O) groups excluding carboxylic acids is 1. The Balaban J connectivity index is 1.83. The second-order valence-electron chi connectivity index (χ2n) is 7.79. The van der Waals surface area contributed by atoms with Gasteiger partial charge in [-0.1, -0.05) is 25.7 Å². The number of rotatable bonds is 6. The number of hydrogen-bond acceptors (Lipinski definition) is 7. The minimum atomic E-state index is -0.267. The topological polar surface area (TPSA) is 102 Å². The molecule has 32 heavy (non-hydrogen) atoms. The molecule has 2 aliphatic heterocycles. The van der Waals surface area contributed by atoms with Crippen LogP contribution in [0.2, 0.25) is 0 Å². The predicted molar refractivity (Wildman–Crippen MR) is 124 cm³/mol. The van der Waals surface area contributed by atoms with E-state index in [4.69, 9.17) is 15.5 Å². The average molecular weight is 436 g/mol. The number of nitrogens with zero attached hydrogens (tertiary/aromatic N) is 6. The minimum Gasteiger partial charge on any atom is -0.405 e. The van der Waals surface area contributed by atoms with Gasteiger partial charge in [-0.3, -0.25) is 9.36 Å². The highest BCUT2D eigenvalue weighted by atomic mass is 16.5. The number of hydrogen-bond donors (Lipinski definition) is 1. The summed E-state index contributed by atoms with van der Waals surface area (Å²) in [6.07, 6.45) is 14.4. The third kappa shape index (κ3) is 3.80. The van der Waals surface area contributed by atoms with E-state index >= 15 is 0 Å². The third-order valence-electron chi connectivity index (χ3n) is 5.95. The third-order valence-corrected chi connectivity index (χ3v) is 5.95. The Hall–Kier alpha value is -3.46. The van der Waals surface area contributed by atoms with E-state index in [-0.39, 0.29) is 18.0 Å². The molecule has 0 aromatic carbocycles. The molecule has 9 nitrogen and oxygen atoms in total. The molecule has 1 atom stereocenters. The zero-order chi connectivity index (χ0) is 22.7. The van der Waals surface area contributed by atoms with Crippen molar-refractivity contribution in [1.82, 2.24) is 19.5 Å².